The van der Waals surface area contributed by atoms with Crippen molar-refractivity contribution < 1.29 is 19.3 Å². The number of benzene rings is 1. The zero-order valence-corrected chi connectivity index (χ0v) is 13.4. The van der Waals surface area contributed by atoms with Crippen LogP contribution in [0.25, 0.3) is 0 Å². The Balaban J connectivity index is 0.00000361. The average Bonchev–Trinajstić information content (AvgIpc) is 2.44. The Hall–Kier alpha value is -1.17. The van der Waals surface area contributed by atoms with E-state index in [1.54, 1.807) is 27.4 Å². The topological polar surface area (TPSA) is 73.9 Å². The van der Waals surface area contributed by atoms with Gasteiger partial charge in [-0.2, -0.15) is 0 Å². The van der Waals surface area contributed by atoms with E-state index in [0.717, 1.165) is 5.56 Å². The van der Waals surface area contributed by atoms with E-state index >= 15 is 0 Å². The number of hydrogen-bond acceptors (Lipinski definition) is 5. The molecule has 5 nitrogen and oxygen atoms in total. The van der Waals surface area contributed by atoms with Crippen LogP contribution in [0.1, 0.15) is 25.5 Å². The van der Waals surface area contributed by atoms with Crippen LogP contribution in [-0.4, -0.2) is 33.0 Å². The summed E-state index contributed by atoms with van der Waals surface area (Å²) in [7, 11) is 4.67. The zero-order valence-electron chi connectivity index (χ0n) is 12.6. The lowest BCUT2D eigenvalue weighted by molar-refractivity contribution is 0.130. The van der Waals surface area contributed by atoms with E-state index in [0.29, 0.717) is 17.2 Å². The SMILES string of the molecule is COc1ccc([C@H](N)C(C)(C)CO)c(OC)c1OC.Cl. The standard InChI is InChI=1S/C14H23NO4.ClH/c1-14(2,8-16)13(15)9-6-7-10(17-3)12(19-5)11(9)18-4;/h6-7,13,16H,8,15H2,1-5H3;1H/t13-;/m0./s1. The van der Waals surface area contributed by atoms with Crippen molar-refractivity contribution in [3.8, 4) is 17.2 Å². The maximum absolute atomic E-state index is 9.44. The highest BCUT2D eigenvalue weighted by Crippen LogP contribution is 2.45. The van der Waals surface area contributed by atoms with E-state index < -0.39 is 5.41 Å². The second-order valence-corrected chi connectivity index (χ2v) is 5.05. The monoisotopic (exact) mass is 305 g/mol. The van der Waals surface area contributed by atoms with Gasteiger partial charge in [-0.15, -0.1) is 12.4 Å². The highest BCUT2D eigenvalue weighted by molar-refractivity contribution is 5.85. The van der Waals surface area contributed by atoms with Gasteiger partial charge in [-0.25, -0.2) is 0 Å². The van der Waals surface area contributed by atoms with Crippen molar-refractivity contribution in [3.05, 3.63) is 17.7 Å². The molecular formula is C14H24ClNO4. The second kappa shape index (κ2) is 7.57. The Morgan fingerprint density at radius 2 is 1.65 bits per heavy atom. The maximum Gasteiger partial charge on any atom is 0.203 e. The molecule has 1 aromatic carbocycles. The lowest BCUT2D eigenvalue weighted by Gasteiger charge is -2.31. The van der Waals surface area contributed by atoms with E-state index in [9.17, 15) is 5.11 Å². The number of halogens is 1. The molecule has 3 N–H and O–H groups in total. The highest BCUT2D eigenvalue weighted by atomic mass is 35.5. The maximum atomic E-state index is 9.44. The van der Waals surface area contributed by atoms with Crippen LogP contribution in [0.2, 0.25) is 0 Å². The van der Waals surface area contributed by atoms with Crippen LogP contribution in [0.15, 0.2) is 12.1 Å². The van der Waals surface area contributed by atoms with Crippen LogP contribution in [-0.2, 0) is 0 Å². The number of nitrogens with two attached hydrogens (primary N) is 1. The number of methoxy groups -OCH3 is 3. The molecule has 0 saturated heterocycles. The van der Waals surface area contributed by atoms with Gasteiger partial charge in [0.05, 0.1) is 21.3 Å². The van der Waals surface area contributed by atoms with Crippen molar-refractivity contribution in [2.75, 3.05) is 27.9 Å². The van der Waals surface area contributed by atoms with Crippen molar-refractivity contribution in [2.45, 2.75) is 19.9 Å². The molecule has 0 saturated carbocycles. The smallest absolute Gasteiger partial charge is 0.203 e. The fraction of sp³-hybridized carbons (Fsp3) is 0.571. The summed E-state index contributed by atoms with van der Waals surface area (Å²) in [6.45, 7) is 3.77. The first kappa shape index (κ1) is 18.8. The minimum absolute atomic E-state index is 0. The van der Waals surface area contributed by atoms with Gasteiger partial charge in [-0.05, 0) is 12.1 Å². The predicted octanol–water partition coefficient (Wildman–Crippen LogP) is 2.15. The van der Waals surface area contributed by atoms with Gasteiger partial charge < -0.3 is 25.1 Å². The van der Waals surface area contributed by atoms with Crippen LogP contribution in [0.4, 0.5) is 0 Å². The molecule has 0 amide bonds. The van der Waals surface area contributed by atoms with Crippen molar-refractivity contribution in [1.82, 2.24) is 0 Å². The first-order valence-electron chi connectivity index (χ1n) is 6.08. The zero-order chi connectivity index (χ0) is 14.6. The first-order valence-corrected chi connectivity index (χ1v) is 6.08. The number of hydrogen-bond donors (Lipinski definition) is 2. The molecular weight excluding hydrogens is 282 g/mol. The molecule has 0 bridgehead atoms. The summed E-state index contributed by atoms with van der Waals surface area (Å²) < 4.78 is 16.0. The van der Waals surface area contributed by atoms with E-state index in [1.165, 1.54) is 0 Å². The van der Waals surface area contributed by atoms with Crippen molar-refractivity contribution in [2.24, 2.45) is 11.1 Å². The van der Waals surface area contributed by atoms with Gasteiger partial charge in [0, 0.05) is 23.6 Å². The van der Waals surface area contributed by atoms with Crippen LogP contribution >= 0.6 is 12.4 Å². The minimum atomic E-state index is -0.465. The summed E-state index contributed by atoms with van der Waals surface area (Å²) >= 11 is 0. The molecule has 116 valence electrons. The van der Waals surface area contributed by atoms with E-state index in [-0.39, 0.29) is 25.1 Å². The Morgan fingerprint density at radius 1 is 1.10 bits per heavy atom. The summed E-state index contributed by atoms with van der Waals surface area (Å²) in [4.78, 5) is 0. The minimum Gasteiger partial charge on any atom is -0.493 e. The summed E-state index contributed by atoms with van der Waals surface area (Å²) in [6, 6.07) is 3.24. The summed E-state index contributed by atoms with van der Waals surface area (Å²) in [5.41, 5.74) is 6.55. The second-order valence-electron chi connectivity index (χ2n) is 5.05. The van der Waals surface area contributed by atoms with Crippen LogP contribution in [0.3, 0.4) is 0 Å². The summed E-state index contributed by atoms with van der Waals surface area (Å²) in [5, 5.41) is 9.44. The number of aliphatic hydroxyl groups is 1. The van der Waals surface area contributed by atoms with Gasteiger partial charge in [0.25, 0.3) is 0 Å². The van der Waals surface area contributed by atoms with Gasteiger partial charge >= 0.3 is 0 Å². The average molecular weight is 306 g/mol. The molecule has 20 heavy (non-hydrogen) atoms. The number of rotatable bonds is 6. The van der Waals surface area contributed by atoms with E-state index in [4.69, 9.17) is 19.9 Å². The fourth-order valence-corrected chi connectivity index (χ4v) is 1.89. The number of ether oxygens (including phenoxy) is 3. The molecule has 1 aromatic rings. The third kappa shape index (κ3) is 3.48. The van der Waals surface area contributed by atoms with Crippen molar-refractivity contribution in [1.29, 1.82) is 0 Å². The molecule has 0 aromatic heterocycles. The van der Waals surface area contributed by atoms with Crippen molar-refractivity contribution >= 4 is 12.4 Å². The predicted molar refractivity (Wildman–Crippen MR) is 81.1 cm³/mol. The van der Waals surface area contributed by atoms with Gasteiger partial charge in [0.15, 0.2) is 11.5 Å². The lowest BCUT2D eigenvalue weighted by atomic mass is 9.81. The Bertz CT molecular complexity index is 437. The Labute approximate surface area is 126 Å². The lowest BCUT2D eigenvalue weighted by Crippen LogP contribution is -2.32. The largest absolute Gasteiger partial charge is 0.493 e. The molecule has 0 aliphatic rings. The molecule has 0 aliphatic carbocycles. The van der Waals surface area contributed by atoms with Crippen molar-refractivity contribution in [3.63, 3.8) is 0 Å². The summed E-state index contributed by atoms with van der Waals surface area (Å²) in [5.74, 6) is 1.62. The summed E-state index contributed by atoms with van der Waals surface area (Å²) in [6.07, 6.45) is 0. The van der Waals surface area contributed by atoms with Gasteiger partial charge in [0.1, 0.15) is 0 Å². The molecule has 0 spiro atoms. The van der Waals surface area contributed by atoms with Gasteiger partial charge in [-0.1, -0.05) is 13.8 Å². The van der Waals surface area contributed by atoms with E-state index in [1.807, 2.05) is 19.9 Å². The molecule has 0 fully saturated rings. The highest BCUT2D eigenvalue weighted by Gasteiger charge is 2.31. The molecule has 0 heterocycles. The molecule has 6 heteroatoms. The number of aliphatic hydroxyl groups excluding tert-OH is 1. The van der Waals surface area contributed by atoms with Crippen LogP contribution in [0.5, 0.6) is 17.2 Å². The van der Waals surface area contributed by atoms with Crippen LogP contribution < -0.4 is 19.9 Å². The Kier molecular flexibility index (Phi) is 7.13. The van der Waals surface area contributed by atoms with Crippen LogP contribution in [0, 0.1) is 5.41 Å². The quantitative estimate of drug-likeness (QED) is 0.842. The molecule has 0 radical (unpaired) electrons. The van der Waals surface area contributed by atoms with Gasteiger partial charge in [0.2, 0.25) is 5.75 Å². The fourth-order valence-electron chi connectivity index (χ4n) is 1.89. The normalized spacial score (nSPS) is 12.3. The first-order chi connectivity index (χ1) is 8.92. The molecule has 0 unspecified atom stereocenters. The molecule has 1 atom stereocenters. The molecule has 1 rings (SSSR count). The third-order valence-corrected chi connectivity index (χ3v) is 3.32. The van der Waals surface area contributed by atoms with E-state index in [2.05, 4.69) is 0 Å². The van der Waals surface area contributed by atoms with Gasteiger partial charge in [-0.3, -0.25) is 0 Å². The Morgan fingerprint density at radius 3 is 2.05 bits per heavy atom. The third-order valence-electron chi connectivity index (χ3n) is 3.32. The molecule has 0 aliphatic heterocycles.